The molecule has 1 rings (SSSR count). The fraction of sp³-hybridized carbons (Fsp3) is 0.467. The van der Waals surface area contributed by atoms with Crippen LogP contribution in [0, 0.1) is 0 Å². The highest BCUT2D eigenvalue weighted by Crippen LogP contribution is 2.30. The average molecular weight is 286 g/mol. The van der Waals surface area contributed by atoms with Gasteiger partial charge in [0.2, 0.25) is 0 Å². The highest BCUT2D eigenvalue weighted by Gasteiger charge is 2.30. The predicted molar refractivity (Wildman–Crippen MR) is 74.8 cm³/mol. The first-order valence-corrected chi connectivity index (χ1v) is 6.73. The summed E-state index contributed by atoms with van der Waals surface area (Å²) in [7, 11) is 0. The lowest BCUT2D eigenvalue weighted by Crippen LogP contribution is -2.28. The first-order valence-electron chi connectivity index (χ1n) is 6.73. The van der Waals surface area contributed by atoms with Crippen LogP contribution in [0.5, 0.6) is 0 Å². The maximum absolute atomic E-state index is 12.5. The molecule has 3 N–H and O–H groups in total. The van der Waals surface area contributed by atoms with E-state index in [-0.39, 0.29) is 6.04 Å². The maximum atomic E-state index is 12.5. The molecule has 0 saturated heterocycles. The van der Waals surface area contributed by atoms with Crippen molar-refractivity contribution >= 4 is 0 Å². The molecular formula is C15H21F3N2. The van der Waals surface area contributed by atoms with E-state index in [0.717, 1.165) is 49.8 Å². The van der Waals surface area contributed by atoms with Crippen LogP contribution in [0.3, 0.4) is 0 Å². The van der Waals surface area contributed by atoms with Gasteiger partial charge in [-0.3, -0.25) is 11.3 Å². The van der Waals surface area contributed by atoms with Gasteiger partial charge in [0.1, 0.15) is 0 Å². The monoisotopic (exact) mass is 286 g/mol. The van der Waals surface area contributed by atoms with Gasteiger partial charge in [-0.2, -0.15) is 13.2 Å². The number of hydrogen-bond acceptors (Lipinski definition) is 2. The minimum atomic E-state index is -4.30. The number of benzene rings is 1. The molecule has 0 aliphatic rings. The van der Waals surface area contributed by atoms with Gasteiger partial charge in [0.25, 0.3) is 0 Å². The van der Waals surface area contributed by atoms with Crippen LogP contribution >= 0.6 is 0 Å². The fourth-order valence-electron chi connectivity index (χ4n) is 2.06. The summed E-state index contributed by atoms with van der Waals surface area (Å²) in [5.74, 6) is 5.48. The van der Waals surface area contributed by atoms with Crippen LogP contribution in [0.25, 0.3) is 0 Å². The van der Waals surface area contributed by atoms with Crippen LogP contribution in [0.15, 0.2) is 36.9 Å². The first-order chi connectivity index (χ1) is 9.49. The Morgan fingerprint density at radius 3 is 2.30 bits per heavy atom. The molecule has 112 valence electrons. The van der Waals surface area contributed by atoms with Crippen molar-refractivity contribution < 1.29 is 13.2 Å². The van der Waals surface area contributed by atoms with E-state index in [9.17, 15) is 13.2 Å². The van der Waals surface area contributed by atoms with Crippen LogP contribution in [0.2, 0.25) is 0 Å². The molecule has 5 heteroatoms. The quantitative estimate of drug-likeness (QED) is 0.323. The number of rotatable bonds is 8. The van der Waals surface area contributed by atoms with E-state index in [0.29, 0.717) is 0 Å². The van der Waals surface area contributed by atoms with Crippen LogP contribution in [-0.4, -0.2) is 0 Å². The number of halogens is 3. The Balaban J connectivity index is 2.54. The van der Waals surface area contributed by atoms with Crippen molar-refractivity contribution in [1.29, 1.82) is 0 Å². The van der Waals surface area contributed by atoms with E-state index < -0.39 is 11.7 Å². The molecule has 0 bridgehead atoms. The fourth-order valence-corrected chi connectivity index (χ4v) is 2.06. The summed E-state index contributed by atoms with van der Waals surface area (Å²) in [6.07, 6.45) is 2.49. The number of hydrogen-bond donors (Lipinski definition) is 2. The van der Waals surface area contributed by atoms with Gasteiger partial charge in [0, 0.05) is 6.04 Å². The molecule has 1 aromatic carbocycles. The van der Waals surface area contributed by atoms with Crippen molar-refractivity contribution in [3.63, 3.8) is 0 Å². The summed E-state index contributed by atoms with van der Waals surface area (Å²) in [5, 5.41) is 0. The van der Waals surface area contributed by atoms with Gasteiger partial charge in [0.05, 0.1) is 5.56 Å². The number of alkyl halides is 3. The molecule has 20 heavy (non-hydrogen) atoms. The molecule has 0 aliphatic carbocycles. The molecule has 2 nitrogen and oxygen atoms in total. The lowest BCUT2D eigenvalue weighted by Gasteiger charge is -2.17. The Bertz CT molecular complexity index is 399. The largest absolute Gasteiger partial charge is 0.416 e. The van der Waals surface area contributed by atoms with E-state index in [2.05, 4.69) is 12.0 Å². The molecular weight excluding hydrogens is 265 g/mol. The summed E-state index contributed by atoms with van der Waals surface area (Å²) in [4.78, 5) is 0. The highest BCUT2D eigenvalue weighted by molar-refractivity contribution is 5.26. The van der Waals surface area contributed by atoms with Crippen LogP contribution in [0.4, 0.5) is 13.2 Å². The summed E-state index contributed by atoms with van der Waals surface area (Å²) < 4.78 is 37.4. The molecule has 0 heterocycles. The van der Waals surface area contributed by atoms with E-state index in [4.69, 9.17) is 5.84 Å². The van der Waals surface area contributed by atoms with E-state index in [1.807, 2.05) is 6.08 Å². The van der Waals surface area contributed by atoms with Crippen molar-refractivity contribution in [2.45, 2.75) is 44.3 Å². The van der Waals surface area contributed by atoms with Gasteiger partial charge in [-0.25, -0.2) is 0 Å². The van der Waals surface area contributed by atoms with Crippen molar-refractivity contribution in [3.8, 4) is 0 Å². The zero-order valence-corrected chi connectivity index (χ0v) is 11.4. The van der Waals surface area contributed by atoms with Gasteiger partial charge in [-0.05, 0) is 37.0 Å². The third-order valence-corrected chi connectivity index (χ3v) is 3.24. The lowest BCUT2D eigenvalue weighted by molar-refractivity contribution is -0.137. The molecule has 1 aromatic rings. The van der Waals surface area contributed by atoms with E-state index >= 15 is 0 Å². The zero-order chi connectivity index (χ0) is 15.0. The second kappa shape index (κ2) is 8.07. The van der Waals surface area contributed by atoms with Crippen molar-refractivity contribution in [1.82, 2.24) is 5.43 Å². The number of hydrazine groups is 1. The number of nitrogens with two attached hydrogens (primary N) is 1. The normalized spacial score (nSPS) is 13.2. The standard InChI is InChI=1S/C15H21F3N2/c1-2-3-4-5-6-7-14(20-19)12-8-10-13(11-9-12)15(16,17)18/h2,8-11,14,20H,1,3-7,19H2. The van der Waals surface area contributed by atoms with Gasteiger partial charge in [0.15, 0.2) is 0 Å². The average Bonchev–Trinajstić information content (AvgIpc) is 2.42. The summed E-state index contributed by atoms with van der Waals surface area (Å²) in [6, 6.07) is 5.05. The SMILES string of the molecule is C=CCCCCCC(NN)c1ccc(C(F)(F)F)cc1. The molecule has 0 saturated carbocycles. The number of allylic oxidation sites excluding steroid dienone is 1. The molecule has 1 atom stereocenters. The topological polar surface area (TPSA) is 38.0 Å². The Kier molecular flexibility index (Phi) is 6.75. The van der Waals surface area contributed by atoms with Gasteiger partial charge >= 0.3 is 6.18 Å². The van der Waals surface area contributed by atoms with Gasteiger partial charge < -0.3 is 0 Å². The Morgan fingerprint density at radius 1 is 1.15 bits per heavy atom. The maximum Gasteiger partial charge on any atom is 0.416 e. The van der Waals surface area contributed by atoms with Crippen LogP contribution in [0.1, 0.15) is 49.3 Å². The first kappa shape index (κ1) is 16.7. The molecule has 0 amide bonds. The van der Waals surface area contributed by atoms with Gasteiger partial charge in [-0.15, -0.1) is 6.58 Å². The minimum Gasteiger partial charge on any atom is -0.271 e. The highest BCUT2D eigenvalue weighted by atomic mass is 19.4. The number of nitrogens with one attached hydrogen (secondary N) is 1. The molecule has 0 fully saturated rings. The Hall–Kier alpha value is -1.33. The van der Waals surface area contributed by atoms with Crippen molar-refractivity contribution in [2.24, 2.45) is 5.84 Å². The zero-order valence-electron chi connectivity index (χ0n) is 11.4. The molecule has 0 aromatic heterocycles. The second-order valence-electron chi connectivity index (χ2n) is 4.77. The predicted octanol–water partition coefficient (Wildman–Crippen LogP) is 4.35. The van der Waals surface area contributed by atoms with Crippen LogP contribution < -0.4 is 11.3 Å². The second-order valence-corrected chi connectivity index (χ2v) is 4.77. The lowest BCUT2D eigenvalue weighted by atomic mass is 9.99. The van der Waals surface area contributed by atoms with E-state index in [1.54, 1.807) is 0 Å². The third kappa shape index (κ3) is 5.35. The van der Waals surface area contributed by atoms with Gasteiger partial charge in [-0.1, -0.05) is 31.1 Å². The Labute approximate surface area is 117 Å². The summed E-state index contributed by atoms with van der Waals surface area (Å²) in [5.41, 5.74) is 2.81. The number of unbranched alkanes of at least 4 members (excludes halogenated alkanes) is 3. The van der Waals surface area contributed by atoms with Crippen molar-refractivity contribution in [2.75, 3.05) is 0 Å². The van der Waals surface area contributed by atoms with Crippen LogP contribution in [-0.2, 0) is 6.18 Å². The Morgan fingerprint density at radius 2 is 1.80 bits per heavy atom. The smallest absolute Gasteiger partial charge is 0.271 e. The van der Waals surface area contributed by atoms with E-state index in [1.165, 1.54) is 12.1 Å². The minimum absolute atomic E-state index is 0.110. The third-order valence-electron chi connectivity index (χ3n) is 3.24. The molecule has 0 radical (unpaired) electrons. The summed E-state index contributed by atoms with van der Waals surface area (Å²) in [6.45, 7) is 3.66. The molecule has 0 spiro atoms. The summed E-state index contributed by atoms with van der Waals surface area (Å²) >= 11 is 0. The molecule has 0 aliphatic heterocycles. The molecule has 1 unspecified atom stereocenters. The van der Waals surface area contributed by atoms with Crippen molar-refractivity contribution in [3.05, 3.63) is 48.0 Å².